The van der Waals surface area contributed by atoms with Gasteiger partial charge < -0.3 is 14.9 Å². The number of hydrogen-bond acceptors (Lipinski definition) is 6. The van der Waals surface area contributed by atoms with Gasteiger partial charge in [0.25, 0.3) is 5.91 Å². The third-order valence-corrected chi connectivity index (χ3v) is 5.55. The number of benzene rings is 3. The standard InChI is InChI=1S/C26H22F3N3O5/c1-14-10-15(2)12-17(11-14)32-19-13-16(26(27,28)29)6-7-18(19)23(25(32)36)30-31-24-20(33)4-3-5-21(24)37-9-8-22(34)35/h3-7,10-13,31,33H,8-9H2,1-2H3,(H,34,35)/b30-23-. The summed E-state index contributed by atoms with van der Waals surface area (Å²) < 4.78 is 45.9. The number of hydrazone groups is 1. The molecule has 0 fully saturated rings. The van der Waals surface area contributed by atoms with Crippen LogP contribution in [0.25, 0.3) is 0 Å². The zero-order valence-electron chi connectivity index (χ0n) is 19.8. The van der Waals surface area contributed by atoms with Crippen LogP contribution in [0.5, 0.6) is 11.5 Å². The summed E-state index contributed by atoms with van der Waals surface area (Å²) in [5.41, 5.74) is 3.63. The van der Waals surface area contributed by atoms with Crippen molar-refractivity contribution < 1.29 is 37.7 Å². The van der Waals surface area contributed by atoms with Gasteiger partial charge in [0.2, 0.25) is 0 Å². The van der Waals surface area contributed by atoms with E-state index in [9.17, 15) is 27.9 Å². The maximum absolute atomic E-state index is 13.5. The number of halogens is 3. The first-order chi connectivity index (χ1) is 17.5. The number of para-hydroxylation sites is 1. The maximum atomic E-state index is 13.5. The average Bonchev–Trinajstić information content (AvgIpc) is 3.07. The van der Waals surface area contributed by atoms with Crippen molar-refractivity contribution in [2.24, 2.45) is 5.10 Å². The topological polar surface area (TPSA) is 111 Å². The van der Waals surface area contributed by atoms with Gasteiger partial charge in [-0.15, -0.1) is 0 Å². The highest BCUT2D eigenvalue weighted by atomic mass is 19.4. The van der Waals surface area contributed by atoms with Gasteiger partial charge >= 0.3 is 12.1 Å². The number of carboxylic acids is 1. The molecular formula is C26H22F3N3O5. The predicted molar refractivity (Wildman–Crippen MR) is 131 cm³/mol. The number of ether oxygens (including phenoxy) is 1. The largest absolute Gasteiger partial charge is 0.506 e. The number of nitrogens with one attached hydrogen (secondary N) is 1. The number of carbonyl (C=O) groups is 2. The lowest BCUT2D eigenvalue weighted by atomic mass is 10.1. The van der Waals surface area contributed by atoms with E-state index in [1.165, 1.54) is 29.2 Å². The number of phenolic OH excluding ortho intramolecular Hbond substituents is 1. The second-order valence-electron chi connectivity index (χ2n) is 8.43. The molecule has 0 atom stereocenters. The smallest absolute Gasteiger partial charge is 0.416 e. The van der Waals surface area contributed by atoms with Crippen molar-refractivity contribution in [2.45, 2.75) is 26.4 Å². The molecule has 37 heavy (non-hydrogen) atoms. The Hall–Kier alpha value is -4.54. The van der Waals surface area contributed by atoms with Crippen LogP contribution in [0.4, 0.5) is 30.2 Å². The number of rotatable bonds is 7. The molecule has 1 heterocycles. The summed E-state index contributed by atoms with van der Waals surface area (Å²) in [7, 11) is 0. The van der Waals surface area contributed by atoms with Crippen LogP contribution in [0, 0.1) is 13.8 Å². The van der Waals surface area contributed by atoms with E-state index >= 15 is 0 Å². The molecule has 3 aromatic rings. The van der Waals surface area contributed by atoms with Crippen molar-refractivity contribution in [3.63, 3.8) is 0 Å². The number of alkyl halides is 3. The second kappa shape index (κ2) is 9.84. The highest BCUT2D eigenvalue weighted by molar-refractivity contribution is 6.55. The number of anilines is 3. The van der Waals surface area contributed by atoms with Crippen molar-refractivity contribution in [1.29, 1.82) is 0 Å². The fraction of sp³-hybridized carbons (Fsp3) is 0.192. The molecule has 0 aromatic heterocycles. The first-order valence-corrected chi connectivity index (χ1v) is 11.1. The number of aromatic hydroxyl groups is 1. The second-order valence-corrected chi connectivity index (χ2v) is 8.43. The molecule has 1 amide bonds. The van der Waals surface area contributed by atoms with Gasteiger partial charge in [0.15, 0.2) is 5.71 Å². The lowest BCUT2D eigenvalue weighted by Crippen LogP contribution is -2.26. The Bertz CT molecular complexity index is 1400. The molecule has 0 bridgehead atoms. The fourth-order valence-corrected chi connectivity index (χ4v) is 3.98. The summed E-state index contributed by atoms with van der Waals surface area (Å²) in [5, 5.41) is 23.3. The summed E-state index contributed by atoms with van der Waals surface area (Å²) in [6.45, 7) is 3.43. The van der Waals surface area contributed by atoms with Crippen LogP contribution in [-0.2, 0) is 15.8 Å². The number of fused-ring (bicyclic) bond motifs is 1. The predicted octanol–water partition coefficient (Wildman–Crippen LogP) is 5.38. The minimum atomic E-state index is -4.62. The first-order valence-electron chi connectivity index (χ1n) is 11.1. The van der Waals surface area contributed by atoms with Crippen LogP contribution < -0.4 is 15.1 Å². The average molecular weight is 513 g/mol. The summed E-state index contributed by atoms with van der Waals surface area (Å²) >= 11 is 0. The summed E-state index contributed by atoms with van der Waals surface area (Å²) in [5.74, 6) is -1.96. The molecule has 192 valence electrons. The first kappa shape index (κ1) is 25.5. The van der Waals surface area contributed by atoms with Crippen molar-refractivity contribution in [2.75, 3.05) is 16.9 Å². The number of aryl methyl sites for hydroxylation is 2. The lowest BCUT2D eigenvalue weighted by molar-refractivity contribution is -0.138. The molecule has 0 aliphatic carbocycles. The molecule has 0 unspecified atom stereocenters. The van der Waals surface area contributed by atoms with Crippen LogP contribution in [0.3, 0.4) is 0 Å². The number of phenols is 1. The summed E-state index contributed by atoms with van der Waals surface area (Å²) in [6.07, 6.45) is -4.91. The third-order valence-electron chi connectivity index (χ3n) is 5.55. The summed E-state index contributed by atoms with van der Waals surface area (Å²) in [4.78, 5) is 25.5. The molecule has 0 spiro atoms. The van der Waals surface area contributed by atoms with Crippen LogP contribution in [0.15, 0.2) is 59.7 Å². The molecule has 1 aliphatic rings. The fourth-order valence-electron chi connectivity index (χ4n) is 3.98. The SMILES string of the molecule is Cc1cc(C)cc(N2C(=O)/C(=N\Nc3c(O)cccc3OCCC(=O)O)c3ccc(C(F)(F)F)cc32)c1. The van der Waals surface area contributed by atoms with Crippen molar-refractivity contribution in [3.05, 3.63) is 76.9 Å². The highest BCUT2D eigenvalue weighted by Crippen LogP contribution is 2.41. The minimum Gasteiger partial charge on any atom is -0.506 e. The monoisotopic (exact) mass is 513 g/mol. The molecule has 0 saturated carbocycles. The summed E-state index contributed by atoms with van der Waals surface area (Å²) in [6, 6.07) is 12.4. The minimum absolute atomic E-state index is 0.0144. The maximum Gasteiger partial charge on any atom is 0.416 e. The molecule has 1 aliphatic heterocycles. The van der Waals surface area contributed by atoms with E-state index in [0.29, 0.717) is 5.69 Å². The van der Waals surface area contributed by atoms with E-state index in [0.717, 1.165) is 23.3 Å². The van der Waals surface area contributed by atoms with Crippen LogP contribution in [0.1, 0.15) is 28.7 Å². The number of aliphatic carboxylic acids is 1. The van der Waals surface area contributed by atoms with Gasteiger partial charge in [0, 0.05) is 11.3 Å². The Balaban J connectivity index is 1.77. The molecule has 0 saturated heterocycles. The van der Waals surface area contributed by atoms with E-state index in [1.807, 2.05) is 19.9 Å². The van der Waals surface area contributed by atoms with Gasteiger partial charge in [-0.3, -0.25) is 19.9 Å². The van der Waals surface area contributed by atoms with E-state index in [2.05, 4.69) is 10.5 Å². The van der Waals surface area contributed by atoms with Gasteiger partial charge in [-0.05, 0) is 67.4 Å². The Morgan fingerprint density at radius 2 is 1.78 bits per heavy atom. The van der Waals surface area contributed by atoms with Crippen molar-refractivity contribution >= 4 is 34.7 Å². The van der Waals surface area contributed by atoms with E-state index in [4.69, 9.17) is 9.84 Å². The van der Waals surface area contributed by atoms with Gasteiger partial charge in [-0.25, -0.2) is 0 Å². The van der Waals surface area contributed by atoms with E-state index < -0.39 is 23.6 Å². The van der Waals surface area contributed by atoms with Crippen LogP contribution in [-0.4, -0.2) is 34.4 Å². The van der Waals surface area contributed by atoms with Crippen LogP contribution >= 0.6 is 0 Å². The number of carbonyl (C=O) groups excluding carboxylic acids is 1. The Kier molecular flexibility index (Phi) is 6.80. The van der Waals surface area contributed by atoms with Crippen molar-refractivity contribution in [1.82, 2.24) is 0 Å². The Morgan fingerprint density at radius 3 is 2.43 bits per heavy atom. The number of amides is 1. The normalized spacial score (nSPS) is 14.1. The van der Waals surface area contributed by atoms with Crippen LogP contribution in [0.2, 0.25) is 0 Å². The third kappa shape index (κ3) is 5.35. The van der Waals surface area contributed by atoms with Crippen molar-refractivity contribution in [3.8, 4) is 11.5 Å². The van der Waals surface area contributed by atoms with Gasteiger partial charge in [-0.1, -0.05) is 12.1 Å². The number of hydrogen-bond donors (Lipinski definition) is 3. The molecule has 8 nitrogen and oxygen atoms in total. The number of carboxylic acid groups (broad SMARTS) is 1. The highest BCUT2D eigenvalue weighted by Gasteiger charge is 2.39. The van der Waals surface area contributed by atoms with Gasteiger partial charge in [-0.2, -0.15) is 18.3 Å². The van der Waals surface area contributed by atoms with Gasteiger partial charge in [0.05, 0.1) is 24.3 Å². The van der Waals surface area contributed by atoms with E-state index in [1.54, 1.807) is 12.1 Å². The van der Waals surface area contributed by atoms with Gasteiger partial charge in [0.1, 0.15) is 17.2 Å². The quantitative estimate of drug-likeness (QED) is 0.289. The molecular weight excluding hydrogens is 491 g/mol. The zero-order valence-corrected chi connectivity index (χ0v) is 19.8. The Morgan fingerprint density at radius 1 is 1.08 bits per heavy atom. The Labute approximate surface area is 209 Å². The number of nitrogens with zero attached hydrogens (tertiary/aromatic N) is 2. The lowest BCUT2D eigenvalue weighted by Gasteiger charge is -2.19. The molecule has 0 radical (unpaired) electrons. The molecule has 4 rings (SSSR count). The molecule has 3 aromatic carbocycles. The zero-order chi connectivity index (χ0) is 26.9. The molecule has 11 heteroatoms. The van der Waals surface area contributed by atoms with E-state index in [-0.39, 0.29) is 47.2 Å². The molecule has 3 N–H and O–H groups in total.